The van der Waals surface area contributed by atoms with Crippen LogP contribution in [0.15, 0.2) is 36.4 Å². The van der Waals surface area contributed by atoms with Gasteiger partial charge in [0.1, 0.15) is 5.75 Å². The van der Waals surface area contributed by atoms with E-state index in [9.17, 15) is 22.8 Å². The maximum absolute atomic E-state index is 14.6. The van der Waals surface area contributed by atoms with Crippen LogP contribution in [0.2, 0.25) is 0 Å². The zero-order valence-corrected chi connectivity index (χ0v) is 32.7. The molecule has 3 amide bonds. The number of piperidine rings is 1. The second-order valence-electron chi connectivity index (χ2n) is 16.0. The highest BCUT2D eigenvalue weighted by molar-refractivity contribution is 7.90. The van der Waals surface area contributed by atoms with Gasteiger partial charge in [-0.25, -0.2) is 13.1 Å². The van der Waals surface area contributed by atoms with Gasteiger partial charge in [-0.2, -0.15) is 0 Å². The minimum absolute atomic E-state index is 0.0627. The molecule has 52 heavy (non-hydrogen) atoms. The van der Waals surface area contributed by atoms with Gasteiger partial charge in [0.25, 0.3) is 5.91 Å². The van der Waals surface area contributed by atoms with Crippen LogP contribution in [0.25, 0.3) is 22.2 Å². The van der Waals surface area contributed by atoms with Crippen molar-refractivity contribution in [1.82, 2.24) is 19.1 Å². The van der Waals surface area contributed by atoms with Crippen molar-refractivity contribution in [3.63, 3.8) is 0 Å². The molecule has 2 aliphatic heterocycles. The Labute approximate surface area is 309 Å². The summed E-state index contributed by atoms with van der Waals surface area (Å²) in [4.78, 5) is 44.5. The first-order chi connectivity index (χ1) is 24.7. The van der Waals surface area contributed by atoms with Crippen LogP contribution in [0.1, 0.15) is 119 Å². The number of benzene rings is 2. The molecule has 1 aromatic heterocycles. The summed E-state index contributed by atoms with van der Waals surface area (Å²) < 4.78 is 35.3. The van der Waals surface area contributed by atoms with Gasteiger partial charge in [-0.1, -0.05) is 32.3 Å². The lowest BCUT2D eigenvalue weighted by atomic mass is 9.81. The topological polar surface area (TPSA) is 118 Å². The molecule has 3 aliphatic rings. The fraction of sp³-hybridized carbons (Fsp3) is 0.585. The summed E-state index contributed by atoms with van der Waals surface area (Å²) in [6, 6.07) is 11.6. The Morgan fingerprint density at radius 2 is 1.67 bits per heavy atom. The number of fused-ring (bicyclic) bond motifs is 1. The smallest absolute Gasteiger partial charge is 0.264 e. The van der Waals surface area contributed by atoms with Crippen molar-refractivity contribution in [2.75, 3.05) is 32.5 Å². The van der Waals surface area contributed by atoms with Crippen molar-refractivity contribution in [3.05, 3.63) is 53.1 Å². The predicted octanol–water partition coefficient (Wildman–Crippen LogP) is 7.17. The third-order valence-electron chi connectivity index (χ3n) is 11.9. The van der Waals surface area contributed by atoms with Crippen molar-refractivity contribution < 1.29 is 27.5 Å². The van der Waals surface area contributed by atoms with Gasteiger partial charge in [-0.15, -0.1) is 0 Å². The molecule has 1 N–H and O–H groups in total. The monoisotopic (exact) mass is 732 g/mol. The molecular weight excluding hydrogens is 677 g/mol. The fourth-order valence-corrected chi connectivity index (χ4v) is 10.3. The number of nitrogens with zero attached hydrogens (tertiary/aromatic N) is 3. The minimum Gasteiger partial charge on any atom is -0.497 e. The molecule has 1 saturated carbocycles. The third-order valence-corrected chi connectivity index (χ3v) is 13.3. The van der Waals surface area contributed by atoms with Crippen LogP contribution in [0.4, 0.5) is 0 Å². The van der Waals surface area contributed by atoms with Gasteiger partial charge >= 0.3 is 0 Å². The first-order valence-corrected chi connectivity index (χ1v) is 20.8. The van der Waals surface area contributed by atoms with Gasteiger partial charge in [-0.3, -0.25) is 14.4 Å². The summed E-state index contributed by atoms with van der Waals surface area (Å²) in [5.74, 6) is 0.445. The number of rotatable bonds is 10. The number of likely N-dealkylation sites (tertiary alicyclic amines) is 2. The Balaban J connectivity index is 1.45. The van der Waals surface area contributed by atoms with Crippen molar-refractivity contribution in [2.45, 2.75) is 117 Å². The molecule has 2 saturated heterocycles. The van der Waals surface area contributed by atoms with E-state index in [1.165, 1.54) is 12.0 Å². The number of hydrogen-bond donors (Lipinski definition) is 1. The maximum Gasteiger partial charge on any atom is 0.264 e. The number of carbonyl (C=O) groups is 3. The fourth-order valence-electron chi connectivity index (χ4n) is 9.29. The van der Waals surface area contributed by atoms with Crippen LogP contribution >= 0.6 is 0 Å². The molecule has 11 heteroatoms. The summed E-state index contributed by atoms with van der Waals surface area (Å²) in [5.41, 5.74) is 4.45. The summed E-state index contributed by atoms with van der Waals surface area (Å²) in [6.45, 7) is 11.8. The van der Waals surface area contributed by atoms with Crippen molar-refractivity contribution in [1.29, 1.82) is 0 Å². The van der Waals surface area contributed by atoms with Crippen LogP contribution in [0, 0.1) is 12.3 Å². The lowest BCUT2D eigenvalue weighted by Gasteiger charge is -2.46. The van der Waals surface area contributed by atoms with Gasteiger partial charge < -0.3 is 19.1 Å². The molecule has 0 atom stereocenters. The standard InChI is InChI=1S/C41H56N4O6S/c1-7-24-52(49,50)42-38(47)31-14-16-34-35(26-31)44(37(36(34)30-12-9-8-10-13-30)33-17-15-32(51-6)25-28(33)2)27-40(4,5)39(48)43-22-19-41(20-23-43)18-11-21-45(41)29(3)46/h14-17,25-26,30H,7-13,18-24,27H2,1-6H3,(H,42,47). The zero-order valence-electron chi connectivity index (χ0n) is 31.8. The van der Waals surface area contributed by atoms with Crippen molar-refractivity contribution >= 4 is 38.6 Å². The van der Waals surface area contributed by atoms with Crippen LogP contribution in [-0.4, -0.2) is 78.5 Å². The molecule has 2 aromatic carbocycles. The molecule has 0 unspecified atom stereocenters. The van der Waals surface area contributed by atoms with Crippen molar-refractivity contribution in [3.8, 4) is 17.0 Å². The van der Waals surface area contributed by atoms with Gasteiger partial charge in [0.2, 0.25) is 21.8 Å². The van der Waals surface area contributed by atoms with E-state index in [0.29, 0.717) is 32.0 Å². The largest absolute Gasteiger partial charge is 0.497 e. The van der Waals surface area contributed by atoms with E-state index in [2.05, 4.69) is 22.3 Å². The second kappa shape index (κ2) is 14.9. The lowest BCUT2D eigenvalue weighted by molar-refractivity contribution is -0.145. The Hall–Kier alpha value is -3.86. The Morgan fingerprint density at radius 1 is 0.962 bits per heavy atom. The quantitative estimate of drug-likeness (QED) is 0.236. The van der Waals surface area contributed by atoms with Crippen LogP contribution in [0.3, 0.4) is 0 Å². The number of ether oxygens (including phenoxy) is 1. The average molecular weight is 733 g/mol. The zero-order chi connectivity index (χ0) is 37.4. The first kappa shape index (κ1) is 37.9. The van der Waals surface area contributed by atoms with Crippen LogP contribution < -0.4 is 9.46 Å². The van der Waals surface area contributed by atoms with E-state index in [1.54, 1.807) is 27.0 Å². The van der Waals surface area contributed by atoms with Crippen molar-refractivity contribution in [2.24, 2.45) is 5.41 Å². The molecule has 282 valence electrons. The highest BCUT2D eigenvalue weighted by Crippen LogP contribution is 2.47. The van der Waals surface area contributed by atoms with E-state index in [-0.39, 0.29) is 28.7 Å². The van der Waals surface area contributed by atoms with E-state index in [0.717, 1.165) is 91.4 Å². The van der Waals surface area contributed by atoms with E-state index in [4.69, 9.17) is 4.74 Å². The second-order valence-corrected chi connectivity index (χ2v) is 17.9. The summed E-state index contributed by atoms with van der Waals surface area (Å²) in [7, 11) is -2.12. The highest BCUT2D eigenvalue weighted by atomic mass is 32.2. The molecule has 0 radical (unpaired) electrons. The summed E-state index contributed by atoms with van der Waals surface area (Å²) in [5, 5.41) is 1.03. The van der Waals surface area contributed by atoms with E-state index in [1.807, 2.05) is 47.9 Å². The third kappa shape index (κ3) is 7.34. The first-order valence-electron chi connectivity index (χ1n) is 19.1. The SMILES string of the molecule is CCCS(=O)(=O)NC(=O)c1ccc2c(C3CCCCC3)c(-c3ccc(OC)cc3C)n(CC(C)(C)C(=O)N3CCC4(CCCN4C(C)=O)CC3)c2c1. The molecular formula is C41H56N4O6S. The Bertz CT molecular complexity index is 1950. The molecule has 3 heterocycles. The molecule has 10 nitrogen and oxygen atoms in total. The molecule has 3 aromatic rings. The van der Waals surface area contributed by atoms with Gasteiger partial charge in [-0.05, 0) is 113 Å². The highest BCUT2D eigenvalue weighted by Gasteiger charge is 2.46. The van der Waals surface area contributed by atoms with E-state index < -0.39 is 21.3 Å². The summed E-state index contributed by atoms with van der Waals surface area (Å²) >= 11 is 0. The number of carbonyl (C=O) groups excluding carboxylic acids is 3. The normalized spacial score (nSPS) is 18.3. The minimum atomic E-state index is -3.78. The number of amides is 3. The summed E-state index contributed by atoms with van der Waals surface area (Å²) in [6.07, 6.45) is 9.51. The Morgan fingerprint density at radius 3 is 2.31 bits per heavy atom. The molecule has 3 fully saturated rings. The van der Waals surface area contributed by atoms with E-state index >= 15 is 0 Å². The number of aromatic nitrogens is 1. The maximum atomic E-state index is 14.6. The van der Waals surface area contributed by atoms with Gasteiger partial charge in [0.05, 0.1) is 24.0 Å². The number of nitrogens with one attached hydrogen (secondary N) is 1. The molecule has 0 bridgehead atoms. The van der Waals surface area contributed by atoms with Gasteiger partial charge in [0.15, 0.2) is 0 Å². The number of hydrogen-bond acceptors (Lipinski definition) is 6. The lowest BCUT2D eigenvalue weighted by Crippen LogP contribution is -2.56. The molecule has 6 rings (SSSR count). The predicted molar refractivity (Wildman–Crippen MR) is 205 cm³/mol. The number of aryl methyl sites for hydroxylation is 1. The van der Waals surface area contributed by atoms with Gasteiger partial charge in [0, 0.05) is 60.7 Å². The number of methoxy groups -OCH3 is 1. The van der Waals surface area contributed by atoms with Crippen LogP contribution in [-0.2, 0) is 26.2 Å². The molecule has 1 aliphatic carbocycles. The average Bonchev–Trinajstić information content (AvgIpc) is 3.66. The Kier molecular flexibility index (Phi) is 10.8. The van der Waals surface area contributed by atoms with Crippen LogP contribution in [0.5, 0.6) is 5.75 Å². The molecule has 1 spiro atoms. The number of sulfonamides is 1.